The molecule has 23 heavy (non-hydrogen) atoms. The Morgan fingerprint density at radius 3 is 2.65 bits per heavy atom. The fraction of sp³-hybridized carbons (Fsp3) is 0.353. The number of aromatic nitrogens is 1. The molecule has 1 heterocycles. The maximum absolute atomic E-state index is 10.8. The molecule has 0 aliphatic carbocycles. The number of anilines is 1. The zero-order valence-electron chi connectivity index (χ0n) is 13.7. The van der Waals surface area contributed by atoms with Crippen molar-refractivity contribution in [3.63, 3.8) is 0 Å². The second-order valence-corrected chi connectivity index (χ2v) is 5.74. The number of aryl methyl sites for hydroxylation is 1. The molecule has 2 rings (SSSR count). The van der Waals surface area contributed by atoms with E-state index in [9.17, 15) is 10.1 Å². The quantitative estimate of drug-likeness (QED) is 0.627. The van der Waals surface area contributed by atoms with Crippen LogP contribution in [0.2, 0.25) is 0 Å². The molecule has 6 nitrogen and oxygen atoms in total. The van der Waals surface area contributed by atoms with Gasteiger partial charge >= 0.3 is 0 Å². The molecule has 0 bridgehead atoms. The largest absolute Gasteiger partial charge is 0.368 e. The van der Waals surface area contributed by atoms with Gasteiger partial charge in [-0.1, -0.05) is 30.3 Å². The first-order valence-electron chi connectivity index (χ1n) is 7.56. The first-order chi connectivity index (χ1) is 11.0. The van der Waals surface area contributed by atoms with Crippen molar-refractivity contribution in [3.05, 3.63) is 63.8 Å². The van der Waals surface area contributed by atoms with Crippen LogP contribution in [-0.2, 0) is 6.54 Å². The van der Waals surface area contributed by atoms with Gasteiger partial charge in [-0.15, -0.1) is 0 Å². The van der Waals surface area contributed by atoms with Crippen LogP contribution in [0, 0.1) is 17.0 Å². The second-order valence-electron chi connectivity index (χ2n) is 5.74. The van der Waals surface area contributed by atoms with E-state index in [4.69, 9.17) is 0 Å². The smallest absolute Gasteiger partial charge is 0.290 e. The van der Waals surface area contributed by atoms with Gasteiger partial charge in [0, 0.05) is 24.7 Å². The van der Waals surface area contributed by atoms with Crippen LogP contribution in [0.4, 0.5) is 11.5 Å². The molecule has 1 aromatic carbocycles. The Labute approximate surface area is 136 Å². The average Bonchev–Trinajstić information content (AvgIpc) is 2.53. The van der Waals surface area contributed by atoms with E-state index >= 15 is 0 Å². The van der Waals surface area contributed by atoms with E-state index in [2.05, 4.69) is 41.3 Å². The molecule has 1 unspecified atom stereocenters. The first kappa shape index (κ1) is 16.9. The van der Waals surface area contributed by atoms with Gasteiger partial charge in [0.05, 0.1) is 4.92 Å². The predicted molar refractivity (Wildman–Crippen MR) is 91.5 cm³/mol. The standard InChI is InChI=1S/C17H22N4O2/c1-13-9-17(19-11-16(13)21(22)23)18-10-14(2)20(3)12-15-7-5-4-6-8-15/h4-9,11,14H,10,12H2,1-3H3,(H,18,19). The minimum Gasteiger partial charge on any atom is -0.368 e. The number of nitrogens with zero attached hydrogens (tertiary/aromatic N) is 3. The van der Waals surface area contributed by atoms with Crippen molar-refractivity contribution in [2.75, 3.05) is 18.9 Å². The Hall–Kier alpha value is -2.47. The topological polar surface area (TPSA) is 71.3 Å². The Balaban J connectivity index is 1.89. The fourth-order valence-electron chi connectivity index (χ4n) is 2.27. The molecule has 2 aromatic rings. The molecule has 0 spiro atoms. The molecule has 0 amide bonds. The van der Waals surface area contributed by atoms with Crippen molar-refractivity contribution < 1.29 is 4.92 Å². The molecule has 0 radical (unpaired) electrons. The number of rotatable bonds is 7. The number of benzene rings is 1. The maximum atomic E-state index is 10.8. The molecule has 0 saturated carbocycles. The van der Waals surface area contributed by atoms with Gasteiger partial charge < -0.3 is 5.32 Å². The van der Waals surface area contributed by atoms with Crippen molar-refractivity contribution >= 4 is 11.5 Å². The number of nitro groups is 1. The van der Waals surface area contributed by atoms with Crippen molar-refractivity contribution in [3.8, 4) is 0 Å². The summed E-state index contributed by atoms with van der Waals surface area (Å²) < 4.78 is 0. The molecule has 0 fully saturated rings. The molecular weight excluding hydrogens is 292 g/mol. The molecule has 1 N–H and O–H groups in total. The fourth-order valence-corrected chi connectivity index (χ4v) is 2.27. The molecule has 1 atom stereocenters. The lowest BCUT2D eigenvalue weighted by atomic mass is 10.2. The van der Waals surface area contributed by atoms with Crippen LogP contribution < -0.4 is 5.32 Å². The minimum absolute atomic E-state index is 0.0461. The van der Waals surface area contributed by atoms with Crippen LogP contribution in [0.3, 0.4) is 0 Å². The van der Waals surface area contributed by atoms with Crippen LogP contribution in [0.15, 0.2) is 42.6 Å². The highest BCUT2D eigenvalue weighted by atomic mass is 16.6. The Morgan fingerprint density at radius 1 is 1.35 bits per heavy atom. The molecule has 122 valence electrons. The van der Waals surface area contributed by atoms with E-state index in [1.807, 2.05) is 18.2 Å². The lowest BCUT2D eigenvalue weighted by Gasteiger charge is -2.25. The highest BCUT2D eigenvalue weighted by Crippen LogP contribution is 2.19. The Morgan fingerprint density at radius 2 is 2.04 bits per heavy atom. The zero-order valence-corrected chi connectivity index (χ0v) is 13.7. The Kier molecular flexibility index (Phi) is 5.65. The van der Waals surface area contributed by atoms with Gasteiger partial charge in [-0.05, 0) is 32.5 Å². The van der Waals surface area contributed by atoms with Crippen molar-refractivity contribution in [2.45, 2.75) is 26.4 Å². The lowest BCUT2D eigenvalue weighted by Crippen LogP contribution is -2.34. The van der Waals surface area contributed by atoms with E-state index in [0.717, 1.165) is 6.54 Å². The summed E-state index contributed by atoms with van der Waals surface area (Å²) in [5, 5.41) is 14.0. The summed E-state index contributed by atoms with van der Waals surface area (Å²) in [6, 6.07) is 12.3. The third-order valence-electron chi connectivity index (χ3n) is 3.89. The number of likely N-dealkylation sites (N-methyl/N-ethyl adjacent to an activating group) is 1. The molecular formula is C17H22N4O2. The summed E-state index contributed by atoms with van der Waals surface area (Å²) >= 11 is 0. The van der Waals surface area contributed by atoms with Gasteiger partial charge in [0.25, 0.3) is 5.69 Å². The predicted octanol–water partition coefficient (Wildman–Crippen LogP) is 3.23. The highest BCUT2D eigenvalue weighted by Gasteiger charge is 2.13. The third kappa shape index (κ3) is 4.75. The third-order valence-corrected chi connectivity index (χ3v) is 3.89. The average molecular weight is 314 g/mol. The number of nitrogens with one attached hydrogen (secondary N) is 1. The van der Waals surface area contributed by atoms with E-state index in [1.54, 1.807) is 13.0 Å². The lowest BCUT2D eigenvalue weighted by molar-refractivity contribution is -0.385. The summed E-state index contributed by atoms with van der Waals surface area (Å²) in [7, 11) is 2.08. The van der Waals surface area contributed by atoms with Crippen LogP contribution >= 0.6 is 0 Å². The number of hydrogen-bond donors (Lipinski definition) is 1. The SMILES string of the molecule is Cc1cc(NCC(C)N(C)Cc2ccccc2)ncc1[N+](=O)[O-]. The van der Waals surface area contributed by atoms with Gasteiger partial charge in [0.1, 0.15) is 12.0 Å². The summed E-state index contributed by atoms with van der Waals surface area (Å²) in [6.07, 6.45) is 1.30. The molecule has 6 heteroatoms. The van der Waals surface area contributed by atoms with Crippen molar-refractivity contribution in [2.24, 2.45) is 0 Å². The number of hydrogen-bond acceptors (Lipinski definition) is 5. The molecule has 1 aromatic heterocycles. The summed E-state index contributed by atoms with van der Waals surface area (Å²) in [5.74, 6) is 0.660. The normalized spacial score (nSPS) is 12.2. The first-order valence-corrected chi connectivity index (χ1v) is 7.56. The van der Waals surface area contributed by atoms with E-state index in [1.165, 1.54) is 11.8 Å². The van der Waals surface area contributed by atoms with Gasteiger partial charge in [0.2, 0.25) is 0 Å². The van der Waals surface area contributed by atoms with Crippen molar-refractivity contribution in [1.29, 1.82) is 0 Å². The van der Waals surface area contributed by atoms with E-state index in [-0.39, 0.29) is 5.69 Å². The molecule has 0 aliphatic rings. The Bertz CT molecular complexity index is 661. The summed E-state index contributed by atoms with van der Waals surface area (Å²) in [5.41, 5.74) is 1.92. The molecule has 0 saturated heterocycles. The van der Waals surface area contributed by atoms with Crippen molar-refractivity contribution in [1.82, 2.24) is 9.88 Å². The van der Waals surface area contributed by atoms with Gasteiger partial charge in [-0.2, -0.15) is 0 Å². The summed E-state index contributed by atoms with van der Waals surface area (Å²) in [6.45, 7) is 5.44. The monoisotopic (exact) mass is 314 g/mol. The van der Waals surface area contributed by atoms with E-state index in [0.29, 0.717) is 24.0 Å². The number of pyridine rings is 1. The highest BCUT2D eigenvalue weighted by molar-refractivity contribution is 5.46. The minimum atomic E-state index is -0.414. The maximum Gasteiger partial charge on any atom is 0.290 e. The van der Waals surface area contributed by atoms with Gasteiger partial charge in [0.15, 0.2) is 0 Å². The second kappa shape index (κ2) is 7.69. The molecule has 0 aliphatic heterocycles. The summed E-state index contributed by atoms with van der Waals surface area (Å²) in [4.78, 5) is 16.7. The van der Waals surface area contributed by atoms with Crippen LogP contribution in [-0.4, -0.2) is 34.4 Å². The van der Waals surface area contributed by atoms with Crippen LogP contribution in [0.5, 0.6) is 0 Å². The zero-order chi connectivity index (χ0) is 16.8. The van der Waals surface area contributed by atoms with E-state index < -0.39 is 4.92 Å². The van der Waals surface area contributed by atoms with Gasteiger partial charge in [-0.3, -0.25) is 15.0 Å². The van der Waals surface area contributed by atoms with Gasteiger partial charge in [-0.25, -0.2) is 4.98 Å². The van der Waals surface area contributed by atoms with Crippen LogP contribution in [0.25, 0.3) is 0 Å². The van der Waals surface area contributed by atoms with Crippen LogP contribution in [0.1, 0.15) is 18.1 Å².